The quantitative estimate of drug-likeness (QED) is 0.642. The molecular weight excluding hydrogens is 228 g/mol. The van der Waals surface area contributed by atoms with Crippen LogP contribution in [-0.4, -0.2) is 38.5 Å². The Morgan fingerprint density at radius 1 is 1.35 bits per heavy atom. The van der Waals surface area contributed by atoms with Crippen LogP contribution in [-0.2, 0) is 18.9 Å². The number of anilines is 1. The number of carboxylic acid groups (broad SMARTS) is 1. The zero-order chi connectivity index (χ0) is 12.7. The van der Waals surface area contributed by atoms with E-state index in [1.807, 2.05) is 0 Å². The third-order valence-electron chi connectivity index (χ3n) is 2.83. The molecule has 8 nitrogen and oxygen atoms in total. The van der Waals surface area contributed by atoms with E-state index in [0.717, 1.165) is 9.25 Å². The molecule has 1 aromatic heterocycles. The Bertz CT molecular complexity index is 582. The molecule has 17 heavy (non-hydrogen) atoms. The second kappa shape index (κ2) is 3.72. The van der Waals surface area contributed by atoms with Gasteiger partial charge in [-0.05, 0) is 0 Å². The standard InChI is InChI=1S/C9H12N4O4/c1-11-7(14)6(10-12(2)9(11)17)13-3-5(4-13)8(15)16/h5H,3-4H2,1-2H3,(H,15,16). The molecule has 2 rings (SSSR count). The van der Waals surface area contributed by atoms with Gasteiger partial charge in [0.15, 0.2) is 0 Å². The van der Waals surface area contributed by atoms with Gasteiger partial charge in [-0.3, -0.25) is 14.2 Å². The molecule has 1 aliphatic rings. The Hall–Kier alpha value is -2.12. The van der Waals surface area contributed by atoms with E-state index in [1.54, 1.807) is 4.90 Å². The molecule has 0 amide bonds. The van der Waals surface area contributed by atoms with Crippen molar-refractivity contribution in [2.45, 2.75) is 0 Å². The van der Waals surface area contributed by atoms with E-state index >= 15 is 0 Å². The first-order valence-electron chi connectivity index (χ1n) is 5.04. The Kier molecular flexibility index (Phi) is 2.49. The normalized spacial score (nSPS) is 15.8. The number of nitrogens with zero attached hydrogens (tertiary/aromatic N) is 4. The highest BCUT2D eigenvalue weighted by Gasteiger charge is 2.35. The fraction of sp³-hybridized carbons (Fsp3) is 0.556. The Balaban J connectivity index is 2.34. The molecule has 2 heterocycles. The zero-order valence-corrected chi connectivity index (χ0v) is 9.45. The van der Waals surface area contributed by atoms with Crippen LogP contribution >= 0.6 is 0 Å². The fourth-order valence-electron chi connectivity index (χ4n) is 1.69. The molecule has 0 aliphatic carbocycles. The number of aliphatic carboxylic acids is 1. The van der Waals surface area contributed by atoms with E-state index in [1.165, 1.54) is 14.1 Å². The molecule has 0 aromatic carbocycles. The third kappa shape index (κ3) is 1.71. The number of carboxylic acids is 1. The Labute approximate surface area is 95.7 Å². The SMILES string of the molecule is Cn1nc(N2CC(C(=O)O)C2)c(=O)n(C)c1=O. The van der Waals surface area contributed by atoms with E-state index in [0.29, 0.717) is 0 Å². The summed E-state index contributed by atoms with van der Waals surface area (Å²) in [4.78, 5) is 35.3. The molecule has 0 atom stereocenters. The summed E-state index contributed by atoms with van der Waals surface area (Å²) < 4.78 is 2.02. The van der Waals surface area contributed by atoms with Crippen LogP contribution in [0.2, 0.25) is 0 Å². The van der Waals surface area contributed by atoms with Gasteiger partial charge in [0.05, 0.1) is 5.92 Å². The zero-order valence-electron chi connectivity index (χ0n) is 9.45. The number of aryl methyl sites for hydroxylation is 1. The van der Waals surface area contributed by atoms with Crippen LogP contribution in [0.5, 0.6) is 0 Å². The fourth-order valence-corrected chi connectivity index (χ4v) is 1.69. The summed E-state index contributed by atoms with van der Waals surface area (Å²) in [5.41, 5.74) is -1.01. The lowest BCUT2D eigenvalue weighted by Gasteiger charge is -2.36. The average molecular weight is 240 g/mol. The van der Waals surface area contributed by atoms with Crippen LogP contribution in [0.15, 0.2) is 9.59 Å². The molecule has 92 valence electrons. The first kappa shape index (κ1) is 11.4. The van der Waals surface area contributed by atoms with Gasteiger partial charge in [-0.25, -0.2) is 9.48 Å². The molecule has 0 bridgehead atoms. The first-order chi connectivity index (χ1) is 7.91. The van der Waals surface area contributed by atoms with Crippen LogP contribution in [0.25, 0.3) is 0 Å². The van der Waals surface area contributed by atoms with Gasteiger partial charge in [-0.1, -0.05) is 0 Å². The van der Waals surface area contributed by atoms with Gasteiger partial charge >= 0.3 is 11.7 Å². The number of carbonyl (C=O) groups is 1. The summed E-state index contributed by atoms with van der Waals surface area (Å²) in [5.74, 6) is -1.24. The van der Waals surface area contributed by atoms with Crippen molar-refractivity contribution in [3.8, 4) is 0 Å². The van der Waals surface area contributed by atoms with Crippen molar-refractivity contribution in [3.05, 3.63) is 20.8 Å². The Morgan fingerprint density at radius 3 is 2.47 bits per heavy atom. The van der Waals surface area contributed by atoms with Crippen LogP contribution in [0.3, 0.4) is 0 Å². The minimum Gasteiger partial charge on any atom is -0.481 e. The summed E-state index contributed by atoms with van der Waals surface area (Å²) >= 11 is 0. The van der Waals surface area contributed by atoms with Crippen LogP contribution in [0.4, 0.5) is 5.82 Å². The molecule has 1 saturated heterocycles. The predicted molar refractivity (Wildman–Crippen MR) is 58.1 cm³/mol. The van der Waals surface area contributed by atoms with E-state index < -0.39 is 23.1 Å². The summed E-state index contributed by atoms with van der Waals surface area (Å²) in [5, 5.41) is 12.6. The number of hydrogen-bond donors (Lipinski definition) is 1. The van der Waals surface area contributed by atoms with Gasteiger partial charge < -0.3 is 10.0 Å². The third-order valence-corrected chi connectivity index (χ3v) is 2.83. The van der Waals surface area contributed by atoms with Crippen molar-refractivity contribution >= 4 is 11.8 Å². The minimum absolute atomic E-state index is 0.118. The van der Waals surface area contributed by atoms with Gasteiger partial charge in [-0.15, -0.1) is 5.10 Å². The molecule has 1 N–H and O–H groups in total. The summed E-state index contributed by atoms with van der Waals surface area (Å²) in [6.07, 6.45) is 0. The van der Waals surface area contributed by atoms with Gasteiger partial charge in [-0.2, -0.15) is 0 Å². The Morgan fingerprint density at radius 2 is 1.94 bits per heavy atom. The molecule has 0 unspecified atom stereocenters. The summed E-state index contributed by atoms with van der Waals surface area (Å²) in [7, 11) is 2.81. The van der Waals surface area contributed by atoms with Gasteiger partial charge in [0.1, 0.15) is 0 Å². The average Bonchev–Trinajstić information content (AvgIpc) is 2.19. The maximum Gasteiger partial charge on any atom is 0.346 e. The topological polar surface area (TPSA) is 97.4 Å². The molecule has 0 saturated carbocycles. The summed E-state index contributed by atoms with van der Waals surface area (Å²) in [6, 6.07) is 0. The molecule has 1 aliphatic heterocycles. The summed E-state index contributed by atoms with van der Waals surface area (Å²) in [6.45, 7) is 0.492. The van der Waals surface area contributed by atoms with Crippen LogP contribution in [0, 0.1) is 5.92 Å². The number of hydrogen-bond acceptors (Lipinski definition) is 5. The highest BCUT2D eigenvalue weighted by molar-refractivity contribution is 5.74. The van der Waals surface area contributed by atoms with E-state index in [4.69, 9.17) is 5.11 Å². The van der Waals surface area contributed by atoms with Crippen LogP contribution in [0.1, 0.15) is 0 Å². The van der Waals surface area contributed by atoms with Crippen molar-refractivity contribution in [3.63, 3.8) is 0 Å². The van der Waals surface area contributed by atoms with Crippen molar-refractivity contribution in [2.24, 2.45) is 20.0 Å². The van der Waals surface area contributed by atoms with Gasteiger partial charge in [0.2, 0.25) is 5.82 Å². The molecule has 1 fully saturated rings. The molecular formula is C9H12N4O4. The second-order valence-electron chi connectivity index (χ2n) is 4.03. The lowest BCUT2D eigenvalue weighted by molar-refractivity contribution is -0.142. The predicted octanol–water partition coefficient (Wildman–Crippen LogP) is -2.00. The van der Waals surface area contributed by atoms with Crippen molar-refractivity contribution in [2.75, 3.05) is 18.0 Å². The molecule has 0 spiro atoms. The van der Waals surface area contributed by atoms with Crippen LogP contribution < -0.4 is 16.1 Å². The van der Waals surface area contributed by atoms with E-state index in [-0.39, 0.29) is 18.9 Å². The second-order valence-corrected chi connectivity index (χ2v) is 4.03. The highest BCUT2D eigenvalue weighted by atomic mass is 16.4. The van der Waals surface area contributed by atoms with Gasteiger partial charge in [0, 0.05) is 27.2 Å². The highest BCUT2D eigenvalue weighted by Crippen LogP contribution is 2.19. The lowest BCUT2D eigenvalue weighted by Crippen LogP contribution is -2.54. The largest absolute Gasteiger partial charge is 0.481 e. The number of aromatic nitrogens is 3. The lowest BCUT2D eigenvalue weighted by atomic mass is 10.0. The minimum atomic E-state index is -0.886. The van der Waals surface area contributed by atoms with E-state index in [2.05, 4.69) is 5.10 Å². The maximum atomic E-state index is 11.8. The van der Waals surface area contributed by atoms with Gasteiger partial charge in [0.25, 0.3) is 5.56 Å². The molecule has 0 radical (unpaired) electrons. The molecule has 8 heteroatoms. The van der Waals surface area contributed by atoms with Crippen molar-refractivity contribution in [1.29, 1.82) is 0 Å². The van der Waals surface area contributed by atoms with E-state index in [9.17, 15) is 14.4 Å². The van der Waals surface area contributed by atoms with Crippen molar-refractivity contribution < 1.29 is 9.90 Å². The molecule has 1 aromatic rings. The smallest absolute Gasteiger partial charge is 0.346 e. The first-order valence-corrected chi connectivity index (χ1v) is 5.04. The van der Waals surface area contributed by atoms with Crippen molar-refractivity contribution in [1.82, 2.24) is 14.3 Å². The monoisotopic (exact) mass is 240 g/mol. The number of rotatable bonds is 2. The maximum absolute atomic E-state index is 11.8.